The SMILES string of the molecule is Cc1n[nH]c2ccc(-c3cncc(O[C@H]4CCNCC4(F)F)n3)cc12. The van der Waals surface area contributed by atoms with Crippen molar-refractivity contribution >= 4 is 10.9 Å². The van der Waals surface area contributed by atoms with E-state index in [4.69, 9.17) is 4.74 Å². The van der Waals surface area contributed by atoms with Gasteiger partial charge in [0.05, 0.1) is 35.8 Å². The van der Waals surface area contributed by atoms with Crippen molar-refractivity contribution in [3.63, 3.8) is 0 Å². The van der Waals surface area contributed by atoms with E-state index in [0.29, 0.717) is 12.2 Å². The Morgan fingerprint density at radius 1 is 1.28 bits per heavy atom. The van der Waals surface area contributed by atoms with Gasteiger partial charge in [-0.05, 0) is 25.6 Å². The van der Waals surface area contributed by atoms with Crippen molar-refractivity contribution in [1.29, 1.82) is 0 Å². The number of alkyl halides is 2. The molecule has 0 amide bonds. The van der Waals surface area contributed by atoms with Crippen molar-refractivity contribution in [2.24, 2.45) is 0 Å². The number of H-pyrrole nitrogens is 1. The van der Waals surface area contributed by atoms with Gasteiger partial charge in [-0.1, -0.05) is 6.07 Å². The molecule has 0 saturated carbocycles. The third-order valence-electron chi connectivity index (χ3n) is 4.34. The molecule has 1 saturated heterocycles. The third-order valence-corrected chi connectivity index (χ3v) is 4.34. The van der Waals surface area contributed by atoms with Gasteiger partial charge < -0.3 is 10.1 Å². The molecule has 0 radical (unpaired) electrons. The molecule has 1 fully saturated rings. The molecule has 2 N–H and O–H groups in total. The topological polar surface area (TPSA) is 75.7 Å². The molecule has 4 rings (SSSR count). The lowest BCUT2D eigenvalue weighted by Crippen LogP contribution is -2.52. The fourth-order valence-corrected chi connectivity index (χ4v) is 2.95. The second-order valence-corrected chi connectivity index (χ2v) is 6.14. The van der Waals surface area contributed by atoms with Crippen molar-refractivity contribution < 1.29 is 13.5 Å². The maximum atomic E-state index is 13.9. The van der Waals surface area contributed by atoms with Gasteiger partial charge in [-0.3, -0.25) is 10.1 Å². The molecule has 1 aliphatic heterocycles. The summed E-state index contributed by atoms with van der Waals surface area (Å²) in [6, 6.07) is 5.73. The van der Waals surface area contributed by atoms with Crippen LogP contribution in [0, 0.1) is 6.92 Å². The zero-order valence-electron chi connectivity index (χ0n) is 13.6. The first kappa shape index (κ1) is 15.9. The standard InChI is InChI=1S/C17H17F2N5O/c1-10-12-6-11(2-3-13(12)24-23-10)14-7-21-8-16(22-14)25-15-4-5-20-9-17(15,18)19/h2-3,6-8,15,20H,4-5,9H2,1H3,(H,23,24)/t15-/m0/s1. The van der Waals surface area contributed by atoms with Crippen LogP contribution in [-0.2, 0) is 0 Å². The Labute approximate surface area is 142 Å². The lowest BCUT2D eigenvalue weighted by atomic mass is 10.1. The Bertz CT molecular complexity index is 911. The van der Waals surface area contributed by atoms with Crippen LogP contribution in [0.15, 0.2) is 30.6 Å². The smallest absolute Gasteiger partial charge is 0.296 e. The number of hydrogen-bond acceptors (Lipinski definition) is 5. The number of nitrogens with zero attached hydrogens (tertiary/aromatic N) is 3. The first-order chi connectivity index (χ1) is 12.0. The number of rotatable bonds is 3. The number of halogens is 2. The Balaban J connectivity index is 1.63. The Morgan fingerprint density at radius 3 is 3.00 bits per heavy atom. The summed E-state index contributed by atoms with van der Waals surface area (Å²) in [4.78, 5) is 8.45. The molecule has 6 nitrogen and oxygen atoms in total. The van der Waals surface area contributed by atoms with Crippen LogP contribution in [0.25, 0.3) is 22.2 Å². The van der Waals surface area contributed by atoms with Gasteiger partial charge in [-0.2, -0.15) is 5.10 Å². The molecule has 25 heavy (non-hydrogen) atoms. The van der Waals surface area contributed by atoms with Gasteiger partial charge in [0.15, 0.2) is 6.10 Å². The lowest BCUT2D eigenvalue weighted by molar-refractivity contribution is -0.110. The highest BCUT2D eigenvalue weighted by Gasteiger charge is 2.43. The zero-order chi connectivity index (χ0) is 17.4. The summed E-state index contributed by atoms with van der Waals surface area (Å²) in [5.41, 5.74) is 3.20. The van der Waals surface area contributed by atoms with Crippen LogP contribution in [0.1, 0.15) is 12.1 Å². The highest BCUT2D eigenvalue weighted by Crippen LogP contribution is 2.28. The Kier molecular flexibility index (Phi) is 3.84. The van der Waals surface area contributed by atoms with Gasteiger partial charge >= 0.3 is 0 Å². The van der Waals surface area contributed by atoms with Crippen molar-refractivity contribution in [3.8, 4) is 17.1 Å². The molecule has 1 aromatic carbocycles. The fourth-order valence-electron chi connectivity index (χ4n) is 2.95. The number of piperidine rings is 1. The van der Waals surface area contributed by atoms with Crippen LogP contribution in [0.5, 0.6) is 5.88 Å². The number of fused-ring (bicyclic) bond motifs is 1. The van der Waals surface area contributed by atoms with E-state index in [0.717, 1.165) is 22.2 Å². The van der Waals surface area contributed by atoms with Crippen molar-refractivity contribution in [1.82, 2.24) is 25.5 Å². The van der Waals surface area contributed by atoms with Crippen LogP contribution in [0.3, 0.4) is 0 Å². The molecule has 1 aliphatic rings. The summed E-state index contributed by atoms with van der Waals surface area (Å²) in [5, 5.41) is 10.8. The fraction of sp³-hybridized carbons (Fsp3) is 0.353. The molecule has 8 heteroatoms. The summed E-state index contributed by atoms with van der Waals surface area (Å²) < 4.78 is 33.3. The van der Waals surface area contributed by atoms with Gasteiger partial charge in [-0.25, -0.2) is 13.8 Å². The number of aromatic amines is 1. The summed E-state index contributed by atoms with van der Waals surface area (Å²) in [5.74, 6) is -2.82. The Hall–Kier alpha value is -2.61. The number of nitrogens with one attached hydrogen (secondary N) is 2. The van der Waals surface area contributed by atoms with Crippen LogP contribution < -0.4 is 10.1 Å². The second kappa shape index (κ2) is 6.03. The van der Waals surface area contributed by atoms with E-state index < -0.39 is 12.0 Å². The normalized spacial score (nSPS) is 19.9. The molecular weight excluding hydrogens is 328 g/mol. The minimum absolute atomic E-state index is 0.105. The number of hydrogen-bond donors (Lipinski definition) is 2. The van der Waals surface area contributed by atoms with Crippen LogP contribution in [0.2, 0.25) is 0 Å². The minimum Gasteiger partial charge on any atom is -0.467 e. The third kappa shape index (κ3) is 3.05. The quantitative estimate of drug-likeness (QED) is 0.763. The average molecular weight is 345 g/mol. The van der Waals surface area contributed by atoms with Crippen LogP contribution >= 0.6 is 0 Å². The largest absolute Gasteiger partial charge is 0.467 e. The van der Waals surface area contributed by atoms with Gasteiger partial charge in [0.1, 0.15) is 0 Å². The molecule has 1 atom stereocenters. The molecule has 3 heterocycles. The number of aromatic nitrogens is 4. The predicted molar refractivity (Wildman–Crippen MR) is 88.7 cm³/mol. The summed E-state index contributed by atoms with van der Waals surface area (Å²) >= 11 is 0. The lowest BCUT2D eigenvalue weighted by Gasteiger charge is -2.31. The minimum atomic E-state index is -2.93. The molecule has 130 valence electrons. The van der Waals surface area contributed by atoms with E-state index in [1.165, 1.54) is 6.20 Å². The second-order valence-electron chi connectivity index (χ2n) is 6.14. The van der Waals surface area contributed by atoms with Gasteiger partial charge in [0, 0.05) is 17.4 Å². The maximum Gasteiger partial charge on any atom is 0.296 e. The summed E-state index contributed by atoms with van der Waals surface area (Å²) in [6.07, 6.45) is 1.98. The van der Waals surface area contributed by atoms with E-state index in [2.05, 4.69) is 25.5 Å². The van der Waals surface area contributed by atoms with E-state index in [-0.39, 0.29) is 18.8 Å². The monoisotopic (exact) mass is 345 g/mol. The molecular formula is C17H17F2N5O. The zero-order valence-corrected chi connectivity index (χ0v) is 13.6. The summed E-state index contributed by atoms with van der Waals surface area (Å²) in [7, 11) is 0. The summed E-state index contributed by atoms with van der Waals surface area (Å²) in [6.45, 7) is 2.01. The molecule has 0 spiro atoms. The van der Waals surface area contributed by atoms with E-state index in [1.54, 1.807) is 6.20 Å². The molecule has 2 aromatic heterocycles. The van der Waals surface area contributed by atoms with E-state index in [1.807, 2.05) is 25.1 Å². The van der Waals surface area contributed by atoms with Crippen molar-refractivity contribution in [2.75, 3.05) is 13.1 Å². The Morgan fingerprint density at radius 2 is 2.16 bits per heavy atom. The van der Waals surface area contributed by atoms with Gasteiger partial charge in [0.2, 0.25) is 5.88 Å². The van der Waals surface area contributed by atoms with Crippen LogP contribution in [-0.4, -0.2) is 45.3 Å². The average Bonchev–Trinajstić information content (AvgIpc) is 2.98. The van der Waals surface area contributed by atoms with E-state index >= 15 is 0 Å². The van der Waals surface area contributed by atoms with Gasteiger partial charge in [-0.15, -0.1) is 0 Å². The molecule has 0 aliphatic carbocycles. The van der Waals surface area contributed by atoms with Crippen molar-refractivity contribution in [2.45, 2.75) is 25.4 Å². The predicted octanol–water partition coefficient (Wildman–Crippen LogP) is 2.70. The first-order valence-corrected chi connectivity index (χ1v) is 8.05. The van der Waals surface area contributed by atoms with Crippen LogP contribution in [0.4, 0.5) is 8.78 Å². The highest BCUT2D eigenvalue weighted by molar-refractivity contribution is 5.85. The van der Waals surface area contributed by atoms with Gasteiger partial charge in [0.25, 0.3) is 5.92 Å². The number of aryl methyl sites for hydroxylation is 1. The van der Waals surface area contributed by atoms with Crippen molar-refractivity contribution in [3.05, 3.63) is 36.3 Å². The maximum absolute atomic E-state index is 13.9. The molecule has 0 bridgehead atoms. The molecule has 3 aromatic rings. The molecule has 0 unspecified atom stereocenters. The highest BCUT2D eigenvalue weighted by atomic mass is 19.3. The number of benzene rings is 1. The first-order valence-electron chi connectivity index (χ1n) is 8.05. The van der Waals surface area contributed by atoms with E-state index in [9.17, 15) is 8.78 Å². The number of ether oxygens (including phenoxy) is 1.